The Labute approximate surface area is 300 Å². The molecule has 0 saturated carbocycles. The van der Waals surface area contributed by atoms with Crippen LogP contribution in [0.25, 0.3) is 43.1 Å². The molecule has 0 saturated heterocycles. The molecule has 228 valence electrons. The van der Waals surface area contributed by atoms with Gasteiger partial charge in [-0.15, -0.1) is 56.9 Å². The van der Waals surface area contributed by atoms with Gasteiger partial charge in [0.15, 0.2) is 0 Å². The van der Waals surface area contributed by atoms with Crippen molar-refractivity contribution in [2.24, 2.45) is 0 Å². The van der Waals surface area contributed by atoms with E-state index >= 15 is 0 Å². The Morgan fingerprint density at radius 1 is 0.457 bits per heavy atom. The fourth-order valence-electron chi connectivity index (χ4n) is 5.84. The molecule has 0 atom stereocenters. The third-order valence-corrected chi connectivity index (χ3v) is 14.4. The molecule has 8 rings (SSSR count). The van der Waals surface area contributed by atoms with E-state index in [1.54, 1.807) is 23.3 Å². The van der Waals surface area contributed by atoms with Gasteiger partial charge in [0, 0.05) is 0 Å². The first-order valence-electron chi connectivity index (χ1n) is 15.5. The van der Waals surface area contributed by atoms with E-state index in [2.05, 4.69) is 172 Å². The zero-order chi connectivity index (χ0) is 30.3. The summed E-state index contributed by atoms with van der Waals surface area (Å²) in [7, 11) is 0. The summed E-state index contributed by atoms with van der Waals surface area (Å²) in [5.74, 6) is 0. The molecule has 0 aliphatic rings. The van der Waals surface area contributed by atoms with Gasteiger partial charge in [-0.2, -0.15) is 12.1 Å². The summed E-state index contributed by atoms with van der Waals surface area (Å²) in [6.07, 6.45) is 2.23. The number of aryl methyl sites for hydroxylation is 2. The van der Waals surface area contributed by atoms with Gasteiger partial charge in [0.25, 0.3) is 0 Å². The molecule has 46 heavy (non-hydrogen) atoms. The minimum atomic E-state index is -0.455. The number of hydrogen-bond donors (Lipinski definition) is 0. The Kier molecular flexibility index (Phi) is 13.2. The van der Waals surface area contributed by atoms with Gasteiger partial charge in [-0.1, -0.05) is 96.1 Å². The molecule has 0 heterocycles. The molecule has 0 nitrogen and oxygen atoms in total. The first kappa shape index (κ1) is 35.6. The maximum absolute atomic E-state index is 2.32. The number of hydrogen-bond acceptors (Lipinski definition) is 0. The number of halogens is 2. The minimum absolute atomic E-state index is 0. The monoisotopic (exact) mass is 728 g/mol. The van der Waals surface area contributed by atoms with Crippen LogP contribution in [0.15, 0.2) is 158 Å². The normalized spacial score (nSPS) is 10.3. The van der Waals surface area contributed by atoms with Crippen molar-refractivity contribution < 1.29 is 48.1 Å². The predicted molar refractivity (Wildman–Crippen MR) is 191 cm³/mol. The van der Waals surface area contributed by atoms with E-state index in [0.29, 0.717) is 0 Å². The van der Waals surface area contributed by atoms with Gasteiger partial charge >= 0.3 is 99.8 Å². The Morgan fingerprint density at radius 3 is 1.20 bits per heavy atom. The molecule has 0 aliphatic heterocycles. The molecular formula is C42H36Cl2SiZr-2. The second kappa shape index (κ2) is 17.1. The summed E-state index contributed by atoms with van der Waals surface area (Å²) in [5, 5.41) is 14.0. The summed E-state index contributed by atoms with van der Waals surface area (Å²) in [5.41, 5.74) is 2.41. The molecule has 0 radical (unpaired) electrons. The van der Waals surface area contributed by atoms with Gasteiger partial charge in [0.2, 0.25) is 0 Å². The Bertz CT molecular complexity index is 2010. The third kappa shape index (κ3) is 8.17. The quantitative estimate of drug-likeness (QED) is 0.191. The van der Waals surface area contributed by atoms with Gasteiger partial charge in [-0.3, -0.25) is 0 Å². The van der Waals surface area contributed by atoms with Gasteiger partial charge in [0.05, 0.1) is 0 Å². The summed E-state index contributed by atoms with van der Waals surface area (Å²) in [6, 6.07) is 56.9. The molecular weight excluding hydrogens is 695 g/mol. The molecule has 4 heteroatoms. The SMILES string of the molecule is CCc1cc2ccc3ccccc3c2[cH-]1.CCc1cc2ccc3ccccc3c2[cH-]1.[Cl-].[Cl-].[Zr+2]=[Si](c1ccccc1)c1ccccc1. The molecule has 8 aromatic carbocycles. The van der Waals surface area contributed by atoms with Crippen LogP contribution in [0.3, 0.4) is 0 Å². The standard InChI is InChI=1S/2C15H13.C12H10Si.2ClH.Zr/c2*1-2-11-9-13-8-7-12-5-3-4-6-14(12)15(13)10-11;1-3-7-11(8-4-1)13-12-9-5-2-6-10-12;;;/h2*3-10H,2H2,1H3;1-10H;2*1H;/q2*-1;;;;+2/p-2. The molecule has 0 unspecified atom stereocenters. The van der Waals surface area contributed by atoms with E-state index in [9.17, 15) is 0 Å². The van der Waals surface area contributed by atoms with Crippen molar-refractivity contribution in [1.82, 2.24) is 0 Å². The summed E-state index contributed by atoms with van der Waals surface area (Å²) >= 11 is 1.64. The molecule has 0 amide bonds. The molecule has 0 bridgehead atoms. The molecule has 0 aliphatic carbocycles. The van der Waals surface area contributed by atoms with Crippen LogP contribution in [0.4, 0.5) is 0 Å². The van der Waals surface area contributed by atoms with Crippen molar-refractivity contribution in [3.63, 3.8) is 0 Å². The number of fused-ring (bicyclic) bond motifs is 6. The maximum atomic E-state index is 2.32. The second-order valence-corrected chi connectivity index (χ2v) is 16.7. The molecule has 0 fully saturated rings. The van der Waals surface area contributed by atoms with Crippen LogP contribution in [-0.2, 0) is 36.2 Å². The predicted octanol–water partition coefficient (Wildman–Crippen LogP) is 3.90. The second-order valence-electron chi connectivity index (χ2n) is 11.1. The third-order valence-electron chi connectivity index (χ3n) is 8.29. The van der Waals surface area contributed by atoms with E-state index in [0.717, 1.165) is 12.8 Å². The number of benzene rings is 6. The first-order chi connectivity index (χ1) is 21.6. The van der Waals surface area contributed by atoms with Crippen molar-refractivity contribution in [3.8, 4) is 0 Å². The van der Waals surface area contributed by atoms with Crippen molar-refractivity contribution >= 4 is 58.9 Å². The van der Waals surface area contributed by atoms with Gasteiger partial charge in [-0.25, -0.2) is 0 Å². The Morgan fingerprint density at radius 2 is 0.804 bits per heavy atom. The van der Waals surface area contributed by atoms with Crippen LogP contribution in [0.5, 0.6) is 0 Å². The average molecular weight is 731 g/mol. The first-order valence-corrected chi connectivity index (χ1v) is 20.7. The van der Waals surface area contributed by atoms with E-state index in [4.69, 9.17) is 0 Å². The molecule has 8 aromatic rings. The van der Waals surface area contributed by atoms with Crippen LogP contribution >= 0.6 is 0 Å². The zero-order valence-corrected chi connectivity index (χ0v) is 31.2. The Hall–Kier alpha value is -3.26. The molecule has 0 aromatic heterocycles. The topological polar surface area (TPSA) is 0 Å². The van der Waals surface area contributed by atoms with Crippen molar-refractivity contribution in [3.05, 3.63) is 169 Å². The van der Waals surface area contributed by atoms with Gasteiger partial charge < -0.3 is 24.8 Å². The molecule has 0 spiro atoms. The zero-order valence-electron chi connectivity index (χ0n) is 26.2. The van der Waals surface area contributed by atoms with Crippen LogP contribution in [0, 0.1) is 0 Å². The fourth-order valence-corrected chi connectivity index (χ4v) is 9.68. The van der Waals surface area contributed by atoms with Crippen molar-refractivity contribution in [2.75, 3.05) is 0 Å². The van der Waals surface area contributed by atoms with Crippen LogP contribution < -0.4 is 35.2 Å². The molecule has 0 N–H and O–H groups in total. The fraction of sp³-hybridized carbons (Fsp3) is 0.0952. The van der Waals surface area contributed by atoms with Crippen LogP contribution in [-0.4, -0.2) is 5.43 Å². The summed E-state index contributed by atoms with van der Waals surface area (Å²) in [6.45, 7) is 4.41. The number of rotatable bonds is 4. The van der Waals surface area contributed by atoms with Gasteiger partial charge in [0.1, 0.15) is 0 Å². The van der Waals surface area contributed by atoms with E-state index in [-0.39, 0.29) is 24.8 Å². The van der Waals surface area contributed by atoms with E-state index in [1.807, 2.05) is 0 Å². The van der Waals surface area contributed by atoms with E-state index < -0.39 is 5.43 Å². The Balaban J connectivity index is 0.000000153. The summed E-state index contributed by atoms with van der Waals surface area (Å²) < 4.78 is 0. The van der Waals surface area contributed by atoms with Crippen molar-refractivity contribution in [2.45, 2.75) is 26.7 Å². The average Bonchev–Trinajstić information content (AvgIpc) is 3.74. The van der Waals surface area contributed by atoms with Crippen molar-refractivity contribution in [1.29, 1.82) is 0 Å². The summed E-state index contributed by atoms with van der Waals surface area (Å²) in [4.78, 5) is 0. The van der Waals surface area contributed by atoms with Gasteiger partial charge in [-0.05, 0) is 12.8 Å². The van der Waals surface area contributed by atoms with E-state index in [1.165, 1.54) is 64.6 Å². The van der Waals surface area contributed by atoms with Crippen LogP contribution in [0.2, 0.25) is 0 Å². The van der Waals surface area contributed by atoms with Crippen LogP contribution in [0.1, 0.15) is 25.0 Å².